The van der Waals surface area contributed by atoms with E-state index in [2.05, 4.69) is 32.9 Å². The van der Waals surface area contributed by atoms with Crippen LogP contribution < -0.4 is 10.5 Å². The molecule has 2 N–H and O–H groups in total. The predicted octanol–water partition coefficient (Wildman–Crippen LogP) is 2.99. The monoisotopic (exact) mass is 219 g/mol. The highest BCUT2D eigenvalue weighted by atomic mass is 16.5. The van der Waals surface area contributed by atoms with Crippen molar-refractivity contribution in [1.29, 1.82) is 0 Å². The van der Waals surface area contributed by atoms with Crippen molar-refractivity contribution in [3.8, 4) is 5.75 Å². The Labute approximate surface area is 97.8 Å². The van der Waals surface area contributed by atoms with Crippen LogP contribution in [0.3, 0.4) is 0 Å². The molecule has 1 aliphatic rings. The van der Waals surface area contributed by atoms with E-state index in [1.807, 2.05) is 6.07 Å². The molecule has 1 aromatic rings. The number of benzene rings is 1. The van der Waals surface area contributed by atoms with Crippen LogP contribution in [0.2, 0.25) is 0 Å². The van der Waals surface area contributed by atoms with E-state index in [1.165, 1.54) is 11.1 Å². The van der Waals surface area contributed by atoms with E-state index >= 15 is 0 Å². The lowest BCUT2D eigenvalue weighted by atomic mass is 9.90. The van der Waals surface area contributed by atoms with E-state index in [0.717, 1.165) is 18.6 Å². The number of hydrogen-bond donors (Lipinski definition) is 1. The molecule has 0 heterocycles. The summed E-state index contributed by atoms with van der Waals surface area (Å²) in [6, 6.07) is 6.57. The van der Waals surface area contributed by atoms with Gasteiger partial charge in [-0.2, -0.15) is 0 Å². The first-order chi connectivity index (χ1) is 7.58. The van der Waals surface area contributed by atoms with Gasteiger partial charge in [0.2, 0.25) is 0 Å². The van der Waals surface area contributed by atoms with Crippen LogP contribution >= 0.6 is 0 Å². The highest BCUT2D eigenvalue weighted by molar-refractivity contribution is 5.37. The summed E-state index contributed by atoms with van der Waals surface area (Å²) in [6.07, 6.45) is 2.40. The van der Waals surface area contributed by atoms with Crippen LogP contribution in [-0.4, -0.2) is 12.1 Å². The molecule has 16 heavy (non-hydrogen) atoms. The minimum Gasteiger partial charge on any atom is -0.489 e. The molecule has 0 radical (unpaired) electrons. The van der Waals surface area contributed by atoms with Crippen LogP contribution in [0.25, 0.3) is 0 Å². The molecule has 1 aliphatic carbocycles. The van der Waals surface area contributed by atoms with Crippen molar-refractivity contribution >= 4 is 0 Å². The van der Waals surface area contributed by atoms with Gasteiger partial charge >= 0.3 is 0 Å². The van der Waals surface area contributed by atoms with Gasteiger partial charge in [0.25, 0.3) is 0 Å². The minimum atomic E-state index is 0.225. The minimum absolute atomic E-state index is 0.225. The van der Waals surface area contributed by atoms with Crippen molar-refractivity contribution < 1.29 is 4.74 Å². The van der Waals surface area contributed by atoms with E-state index < -0.39 is 0 Å². The van der Waals surface area contributed by atoms with Crippen molar-refractivity contribution in [3.63, 3.8) is 0 Å². The van der Waals surface area contributed by atoms with Gasteiger partial charge in [-0.05, 0) is 48.9 Å². The normalized spacial score (nSPS) is 24.3. The van der Waals surface area contributed by atoms with Crippen molar-refractivity contribution in [2.75, 3.05) is 0 Å². The Bertz CT molecular complexity index is 373. The van der Waals surface area contributed by atoms with E-state index in [0.29, 0.717) is 5.92 Å². The fourth-order valence-corrected chi connectivity index (χ4v) is 2.13. The molecule has 2 rings (SSSR count). The van der Waals surface area contributed by atoms with Gasteiger partial charge in [0.15, 0.2) is 0 Å². The first kappa shape index (κ1) is 11.5. The molecule has 1 saturated carbocycles. The predicted molar refractivity (Wildman–Crippen MR) is 66.9 cm³/mol. The van der Waals surface area contributed by atoms with Gasteiger partial charge in [-0.15, -0.1) is 0 Å². The fraction of sp³-hybridized carbons (Fsp3) is 0.571. The molecule has 0 spiro atoms. The number of rotatable bonds is 3. The number of ether oxygens (including phenoxy) is 1. The summed E-state index contributed by atoms with van der Waals surface area (Å²) in [5.41, 5.74) is 8.57. The highest BCUT2D eigenvalue weighted by Crippen LogP contribution is 2.28. The lowest BCUT2D eigenvalue weighted by Gasteiger charge is -2.33. The van der Waals surface area contributed by atoms with Crippen molar-refractivity contribution in [1.82, 2.24) is 0 Å². The largest absolute Gasteiger partial charge is 0.489 e. The first-order valence-electron chi connectivity index (χ1n) is 6.10. The Hall–Kier alpha value is -1.02. The van der Waals surface area contributed by atoms with Crippen molar-refractivity contribution in [3.05, 3.63) is 29.3 Å². The smallest absolute Gasteiger partial charge is 0.120 e. The maximum absolute atomic E-state index is 5.88. The third-order valence-electron chi connectivity index (χ3n) is 3.42. The van der Waals surface area contributed by atoms with E-state index in [9.17, 15) is 0 Å². The molecule has 2 atom stereocenters. The quantitative estimate of drug-likeness (QED) is 0.848. The maximum Gasteiger partial charge on any atom is 0.120 e. The summed E-state index contributed by atoms with van der Waals surface area (Å²) in [4.78, 5) is 0. The second-order valence-corrected chi connectivity index (χ2v) is 5.07. The third-order valence-corrected chi connectivity index (χ3v) is 3.42. The lowest BCUT2D eigenvalue weighted by molar-refractivity contribution is 0.0931. The van der Waals surface area contributed by atoms with Crippen LogP contribution in [0.4, 0.5) is 0 Å². The molecule has 0 aromatic heterocycles. The van der Waals surface area contributed by atoms with Crippen LogP contribution in [0.15, 0.2) is 18.2 Å². The van der Waals surface area contributed by atoms with E-state index in [4.69, 9.17) is 10.5 Å². The maximum atomic E-state index is 5.88. The van der Waals surface area contributed by atoms with E-state index in [-0.39, 0.29) is 12.1 Å². The van der Waals surface area contributed by atoms with Crippen LogP contribution in [0.5, 0.6) is 5.75 Å². The Balaban J connectivity index is 2.12. The lowest BCUT2D eigenvalue weighted by Crippen LogP contribution is -2.47. The van der Waals surface area contributed by atoms with Gasteiger partial charge in [-0.3, -0.25) is 0 Å². The summed E-state index contributed by atoms with van der Waals surface area (Å²) in [6.45, 7) is 6.57. The van der Waals surface area contributed by atoms with Gasteiger partial charge < -0.3 is 10.5 Å². The number of hydrogen-bond acceptors (Lipinski definition) is 2. The summed E-state index contributed by atoms with van der Waals surface area (Å²) >= 11 is 0. The molecule has 2 heteroatoms. The Morgan fingerprint density at radius 3 is 2.56 bits per heavy atom. The molecule has 1 fully saturated rings. The van der Waals surface area contributed by atoms with Crippen LogP contribution in [-0.2, 0) is 0 Å². The second kappa shape index (κ2) is 4.46. The van der Waals surface area contributed by atoms with E-state index in [1.54, 1.807) is 0 Å². The zero-order valence-electron chi connectivity index (χ0n) is 10.4. The van der Waals surface area contributed by atoms with Gasteiger partial charge in [-0.25, -0.2) is 0 Å². The highest BCUT2D eigenvalue weighted by Gasteiger charge is 2.29. The van der Waals surface area contributed by atoms with Gasteiger partial charge in [0.1, 0.15) is 11.9 Å². The van der Waals surface area contributed by atoms with Crippen LogP contribution in [0, 0.1) is 6.92 Å². The standard InChI is InChI=1S/C14H21NO/c1-9(2)12-8-11(5-4-10(12)3)16-14-7-6-13(14)15/h4-5,8-9,13-14H,6-7,15H2,1-3H3/t13-,14+/m0/s1. The molecule has 1 aromatic carbocycles. The van der Waals surface area contributed by atoms with Gasteiger partial charge in [0.05, 0.1) is 0 Å². The third kappa shape index (κ3) is 2.22. The molecular weight excluding hydrogens is 198 g/mol. The molecule has 88 valence electrons. The second-order valence-electron chi connectivity index (χ2n) is 5.07. The summed E-state index contributed by atoms with van der Waals surface area (Å²) < 4.78 is 5.88. The average Bonchev–Trinajstić information content (AvgIpc) is 2.25. The molecule has 0 amide bonds. The molecule has 2 nitrogen and oxygen atoms in total. The first-order valence-corrected chi connectivity index (χ1v) is 6.10. The summed E-state index contributed by atoms with van der Waals surface area (Å²) in [7, 11) is 0. The Kier molecular flexibility index (Phi) is 3.20. The Morgan fingerprint density at radius 2 is 2.06 bits per heavy atom. The SMILES string of the molecule is Cc1ccc(O[C@@H]2CC[C@@H]2N)cc1C(C)C. The van der Waals surface area contributed by atoms with Crippen molar-refractivity contribution in [2.45, 2.75) is 51.7 Å². The number of aryl methyl sites for hydroxylation is 1. The fourth-order valence-electron chi connectivity index (χ4n) is 2.13. The topological polar surface area (TPSA) is 35.2 Å². The summed E-state index contributed by atoms with van der Waals surface area (Å²) in [5.74, 6) is 1.51. The molecule has 0 saturated heterocycles. The van der Waals surface area contributed by atoms with Crippen molar-refractivity contribution in [2.24, 2.45) is 5.73 Å². The Morgan fingerprint density at radius 1 is 1.31 bits per heavy atom. The molecule has 0 aliphatic heterocycles. The molecular formula is C14H21NO. The summed E-state index contributed by atoms with van der Waals surface area (Å²) in [5, 5.41) is 0. The zero-order valence-corrected chi connectivity index (χ0v) is 10.4. The molecule has 0 bridgehead atoms. The van der Waals surface area contributed by atoms with Crippen LogP contribution in [0.1, 0.15) is 43.7 Å². The molecule has 0 unspecified atom stereocenters. The zero-order chi connectivity index (χ0) is 11.7. The van der Waals surface area contributed by atoms with Gasteiger partial charge in [-0.1, -0.05) is 19.9 Å². The van der Waals surface area contributed by atoms with Gasteiger partial charge in [0, 0.05) is 6.04 Å². The average molecular weight is 219 g/mol. The number of nitrogens with two attached hydrogens (primary N) is 1.